The lowest BCUT2D eigenvalue weighted by molar-refractivity contribution is -0.138. The van der Waals surface area contributed by atoms with E-state index in [1.54, 1.807) is 25.1 Å². The van der Waals surface area contributed by atoms with E-state index in [-0.39, 0.29) is 17.9 Å². The normalized spacial score (nSPS) is 10.6. The van der Waals surface area contributed by atoms with Crippen molar-refractivity contribution in [3.63, 3.8) is 0 Å². The van der Waals surface area contributed by atoms with Crippen LogP contribution in [0.3, 0.4) is 0 Å². The van der Waals surface area contributed by atoms with Crippen molar-refractivity contribution < 1.29 is 28.6 Å². The van der Waals surface area contributed by atoms with Crippen molar-refractivity contribution in [2.45, 2.75) is 6.92 Å². The average Bonchev–Trinajstić information content (AvgIpc) is 2.53. The Bertz CT molecular complexity index is 593. The van der Waals surface area contributed by atoms with E-state index in [0.29, 0.717) is 5.69 Å². The number of anilines is 1. The molecule has 0 saturated heterocycles. The number of ether oxygens (including phenoxy) is 3. The minimum atomic E-state index is -0.774. The van der Waals surface area contributed by atoms with E-state index in [1.165, 1.54) is 20.3 Å². The lowest BCUT2D eigenvalue weighted by Crippen LogP contribution is -2.17. The zero-order valence-corrected chi connectivity index (χ0v) is 12.5. The van der Waals surface area contributed by atoms with Crippen molar-refractivity contribution in [2.24, 2.45) is 0 Å². The summed E-state index contributed by atoms with van der Waals surface area (Å²) in [5.74, 6) is -2.06. The first-order valence-electron chi connectivity index (χ1n) is 6.44. The van der Waals surface area contributed by atoms with E-state index in [9.17, 15) is 14.4 Å². The highest BCUT2D eigenvalue weighted by atomic mass is 16.5. The molecule has 1 aromatic rings. The van der Waals surface area contributed by atoms with Crippen molar-refractivity contribution in [3.05, 3.63) is 41.6 Å². The zero-order chi connectivity index (χ0) is 16.5. The van der Waals surface area contributed by atoms with E-state index in [2.05, 4.69) is 14.8 Å². The monoisotopic (exact) mass is 307 g/mol. The van der Waals surface area contributed by atoms with Crippen LogP contribution in [0, 0.1) is 0 Å². The Kier molecular flexibility index (Phi) is 6.62. The second kappa shape index (κ2) is 8.46. The predicted molar refractivity (Wildman–Crippen MR) is 78.1 cm³/mol. The van der Waals surface area contributed by atoms with Gasteiger partial charge < -0.3 is 19.5 Å². The minimum Gasteiger partial charge on any atom is -0.466 e. The van der Waals surface area contributed by atoms with Gasteiger partial charge in [0.1, 0.15) is 5.70 Å². The second-order valence-electron chi connectivity index (χ2n) is 3.96. The highest BCUT2D eigenvalue weighted by Gasteiger charge is 2.17. The van der Waals surface area contributed by atoms with E-state index < -0.39 is 17.9 Å². The van der Waals surface area contributed by atoms with E-state index in [0.717, 1.165) is 6.08 Å². The largest absolute Gasteiger partial charge is 0.466 e. The van der Waals surface area contributed by atoms with Crippen LogP contribution in [0.15, 0.2) is 36.0 Å². The smallest absolute Gasteiger partial charge is 0.354 e. The Labute approximate surface area is 127 Å². The molecule has 0 aliphatic rings. The first-order chi connectivity index (χ1) is 10.5. The van der Waals surface area contributed by atoms with Gasteiger partial charge >= 0.3 is 17.9 Å². The molecule has 0 amide bonds. The van der Waals surface area contributed by atoms with Gasteiger partial charge in [0.05, 0.1) is 38.2 Å². The van der Waals surface area contributed by atoms with E-state index >= 15 is 0 Å². The van der Waals surface area contributed by atoms with Crippen molar-refractivity contribution in [2.75, 3.05) is 26.1 Å². The number of para-hydroxylation sites is 1. The fourth-order valence-corrected chi connectivity index (χ4v) is 1.56. The van der Waals surface area contributed by atoms with Crippen LogP contribution in [0.25, 0.3) is 0 Å². The van der Waals surface area contributed by atoms with E-state index in [1.807, 2.05) is 0 Å². The summed E-state index contributed by atoms with van der Waals surface area (Å²) in [6.45, 7) is 1.90. The van der Waals surface area contributed by atoms with Gasteiger partial charge in [0.15, 0.2) is 0 Å². The average molecular weight is 307 g/mol. The minimum absolute atomic E-state index is 0.161. The summed E-state index contributed by atoms with van der Waals surface area (Å²) in [6, 6.07) is 6.42. The molecule has 1 aromatic carbocycles. The van der Waals surface area contributed by atoms with Crippen molar-refractivity contribution >= 4 is 23.6 Å². The van der Waals surface area contributed by atoms with Crippen LogP contribution in [-0.2, 0) is 23.8 Å². The molecule has 118 valence electrons. The van der Waals surface area contributed by atoms with Crippen molar-refractivity contribution in [1.82, 2.24) is 0 Å². The number of carbonyl (C=O) groups is 3. The molecule has 0 radical (unpaired) electrons. The second-order valence-corrected chi connectivity index (χ2v) is 3.96. The maximum absolute atomic E-state index is 11.9. The number of rotatable bonds is 6. The highest BCUT2D eigenvalue weighted by molar-refractivity contribution is 6.01. The molecule has 0 unspecified atom stereocenters. The van der Waals surface area contributed by atoms with Crippen LogP contribution >= 0.6 is 0 Å². The molecule has 1 N–H and O–H groups in total. The number of benzene rings is 1. The van der Waals surface area contributed by atoms with Gasteiger partial charge in [-0.15, -0.1) is 0 Å². The summed E-state index contributed by atoms with van der Waals surface area (Å²) in [4.78, 5) is 34.9. The molecule has 1 rings (SSSR count). The Morgan fingerprint density at radius 3 is 2.41 bits per heavy atom. The SMILES string of the molecule is CCOC(=O)c1ccccc1N/C(=C/C(=O)OC)C(=O)OC. The molecule has 0 saturated carbocycles. The Balaban J connectivity index is 3.14. The summed E-state index contributed by atoms with van der Waals surface area (Å²) in [6.07, 6.45) is 0.938. The number of carbonyl (C=O) groups excluding carboxylic acids is 3. The van der Waals surface area contributed by atoms with Crippen LogP contribution in [0.2, 0.25) is 0 Å². The molecule has 0 bridgehead atoms. The van der Waals surface area contributed by atoms with Crippen molar-refractivity contribution in [3.8, 4) is 0 Å². The summed E-state index contributed by atoms with van der Waals surface area (Å²) in [7, 11) is 2.35. The van der Waals surface area contributed by atoms with Gasteiger partial charge in [0, 0.05) is 0 Å². The lowest BCUT2D eigenvalue weighted by atomic mass is 10.1. The van der Waals surface area contributed by atoms with Gasteiger partial charge in [0.2, 0.25) is 0 Å². The molecule has 0 aliphatic heterocycles. The van der Waals surface area contributed by atoms with Crippen LogP contribution in [-0.4, -0.2) is 38.7 Å². The highest BCUT2D eigenvalue weighted by Crippen LogP contribution is 2.18. The summed E-state index contributed by atoms with van der Waals surface area (Å²) in [5, 5.41) is 2.69. The molecule has 0 aliphatic carbocycles. The molecule has 22 heavy (non-hydrogen) atoms. The van der Waals surface area contributed by atoms with Crippen LogP contribution < -0.4 is 5.32 Å². The number of hydrogen-bond donors (Lipinski definition) is 1. The molecule has 7 nitrogen and oxygen atoms in total. The Hall–Kier alpha value is -2.83. The van der Waals surface area contributed by atoms with Gasteiger partial charge in [0.25, 0.3) is 0 Å². The summed E-state index contributed by atoms with van der Waals surface area (Å²) >= 11 is 0. The number of nitrogens with one attached hydrogen (secondary N) is 1. The summed E-state index contributed by atoms with van der Waals surface area (Å²) < 4.78 is 14.0. The molecule has 7 heteroatoms. The topological polar surface area (TPSA) is 90.9 Å². The van der Waals surface area contributed by atoms with Gasteiger partial charge in [-0.1, -0.05) is 12.1 Å². The maximum atomic E-state index is 11.9. The van der Waals surface area contributed by atoms with Gasteiger partial charge in [-0.3, -0.25) is 0 Å². The molecule has 0 heterocycles. The summed E-state index contributed by atoms with van der Waals surface area (Å²) in [5.41, 5.74) is 0.372. The quantitative estimate of drug-likeness (QED) is 0.484. The standard InChI is InChI=1S/C15H17NO6/c1-4-22-14(18)10-7-5-6-8-11(10)16-12(15(19)21-3)9-13(17)20-2/h5-9,16H,4H2,1-3H3/b12-9+. The van der Waals surface area contributed by atoms with E-state index in [4.69, 9.17) is 4.74 Å². The van der Waals surface area contributed by atoms with Crippen LogP contribution in [0.4, 0.5) is 5.69 Å². The molecule has 0 aromatic heterocycles. The van der Waals surface area contributed by atoms with Gasteiger partial charge in [-0.25, -0.2) is 14.4 Å². The molecular formula is C15H17NO6. The molecule has 0 fully saturated rings. The first-order valence-corrected chi connectivity index (χ1v) is 6.44. The first kappa shape index (κ1) is 17.2. The molecule has 0 spiro atoms. The third-order valence-electron chi connectivity index (χ3n) is 2.56. The fourth-order valence-electron chi connectivity index (χ4n) is 1.56. The number of esters is 3. The Morgan fingerprint density at radius 2 is 1.82 bits per heavy atom. The zero-order valence-electron chi connectivity index (χ0n) is 12.5. The predicted octanol–water partition coefficient (Wildman–Crippen LogP) is 1.51. The number of methoxy groups -OCH3 is 2. The lowest BCUT2D eigenvalue weighted by Gasteiger charge is -2.12. The number of hydrogen-bond acceptors (Lipinski definition) is 7. The van der Waals surface area contributed by atoms with Crippen LogP contribution in [0.1, 0.15) is 17.3 Å². The van der Waals surface area contributed by atoms with Crippen LogP contribution in [0.5, 0.6) is 0 Å². The molecule has 0 atom stereocenters. The van der Waals surface area contributed by atoms with Gasteiger partial charge in [-0.05, 0) is 19.1 Å². The van der Waals surface area contributed by atoms with Crippen molar-refractivity contribution in [1.29, 1.82) is 0 Å². The third kappa shape index (κ3) is 4.62. The van der Waals surface area contributed by atoms with Gasteiger partial charge in [-0.2, -0.15) is 0 Å². The third-order valence-corrected chi connectivity index (χ3v) is 2.56. The Morgan fingerprint density at radius 1 is 1.14 bits per heavy atom. The maximum Gasteiger partial charge on any atom is 0.354 e. The molecular weight excluding hydrogens is 290 g/mol. The fraction of sp³-hybridized carbons (Fsp3) is 0.267.